The number of rotatable bonds is 3. The van der Waals surface area contributed by atoms with Gasteiger partial charge in [-0.15, -0.1) is 0 Å². The van der Waals surface area contributed by atoms with Crippen molar-refractivity contribution >= 4 is 29.3 Å². The maximum Gasteiger partial charge on any atom is 0.340 e. The summed E-state index contributed by atoms with van der Waals surface area (Å²) in [4.78, 5) is 39.4. The minimum atomic E-state index is -0.706. The van der Waals surface area contributed by atoms with Gasteiger partial charge < -0.3 is 4.74 Å². The lowest BCUT2D eigenvalue weighted by molar-refractivity contribution is -0.135. The van der Waals surface area contributed by atoms with Crippen LogP contribution in [0.25, 0.3) is 0 Å². The van der Waals surface area contributed by atoms with E-state index < -0.39 is 17.9 Å². The zero-order valence-electron chi connectivity index (χ0n) is 12.9. The second-order valence-electron chi connectivity index (χ2n) is 4.98. The van der Waals surface area contributed by atoms with E-state index in [1.54, 1.807) is 60.7 Å². The van der Waals surface area contributed by atoms with Crippen molar-refractivity contribution < 1.29 is 19.1 Å². The number of para-hydroxylation sites is 2. The molecule has 0 saturated carbocycles. The smallest absolute Gasteiger partial charge is 0.340 e. The Labute approximate surface area is 138 Å². The molecule has 1 heterocycles. The molecule has 0 N–H and O–H groups in total. The van der Waals surface area contributed by atoms with Gasteiger partial charge in [0.25, 0.3) is 5.91 Å². The van der Waals surface area contributed by atoms with Crippen LogP contribution in [0.2, 0.25) is 0 Å². The zero-order valence-corrected chi connectivity index (χ0v) is 12.9. The van der Waals surface area contributed by atoms with Crippen LogP contribution in [-0.4, -0.2) is 25.0 Å². The highest BCUT2D eigenvalue weighted by Crippen LogP contribution is 2.31. The minimum Gasteiger partial charge on any atom is -0.466 e. The van der Waals surface area contributed by atoms with E-state index in [1.165, 1.54) is 12.0 Å². The van der Waals surface area contributed by atoms with E-state index in [4.69, 9.17) is 0 Å². The molecule has 1 aliphatic rings. The Morgan fingerprint density at radius 1 is 0.875 bits per heavy atom. The molecule has 0 unspecified atom stereocenters. The summed E-state index contributed by atoms with van der Waals surface area (Å²) in [7, 11) is 1.21. The SMILES string of the molecule is COC(=O)/C=C1/C(=O)N(c2ccccc2)C(=O)N1c1ccccc1. The topological polar surface area (TPSA) is 66.9 Å². The van der Waals surface area contributed by atoms with E-state index in [-0.39, 0.29) is 5.70 Å². The normalized spacial score (nSPS) is 16.0. The molecular weight excluding hydrogens is 308 g/mol. The average molecular weight is 322 g/mol. The summed E-state index contributed by atoms with van der Waals surface area (Å²) in [6.07, 6.45) is 1.02. The first-order valence-corrected chi connectivity index (χ1v) is 7.22. The van der Waals surface area contributed by atoms with E-state index >= 15 is 0 Å². The fourth-order valence-corrected chi connectivity index (χ4v) is 2.43. The van der Waals surface area contributed by atoms with Crippen molar-refractivity contribution in [1.29, 1.82) is 0 Å². The summed E-state index contributed by atoms with van der Waals surface area (Å²) in [6.45, 7) is 0. The fraction of sp³-hybridized carbons (Fsp3) is 0.0556. The molecule has 3 amide bonds. The number of carbonyl (C=O) groups excluding carboxylic acids is 3. The Balaban J connectivity index is 2.11. The van der Waals surface area contributed by atoms with Gasteiger partial charge in [-0.3, -0.25) is 9.69 Å². The van der Waals surface area contributed by atoms with Crippen molar-refractivity contribution in [3.8, 4) is 0 Å². The van der Waals surface area contributed by atoms with E-state index in [9.17, 15) is 14.4 Å². The van der Waals surface area contributed by atoms with Gasteiger partial charge in [0.05, 0.1) is 24.6 Å². The largest absolute Gasteiger partial charge is 0.466 e. The summed E-state index contributed by atoms with van der Waals surface area (Å²) in [5.74, 6) is -1.29. The van der Waals surface area contributed by atoms with Gasteiger partial charge in [-0.2, -0.15) is 0 Å². The highest BCUT2D eigenvalue weighted by Gasteiger charge is 2.43. The van der Waals surface area contributed by atoms with Gasteiger partial charge in [0.2, 0.25) is 0 Å². The Kier molecular flexibility index (Phi) is 4.11. The highest BCUT2D eigenvalue weighted by molar-refractivity contribution is 6.34. The van der Waals surface area contributed by atoms with Gasteiger partial charge in [0.1, 0.15) is 5.70 Å². The van der Waals surface area contributed by atoms with Crippen LogP contribution >= 0.6 is 0 Å². The molecule has 120 valence electrons. The lowest BCUT2D eigenvalue weighted by Crippen LogP contribution is -2.32. The minimum absolute atomic E-state index is 0.0538. The highest BCUT2D eigenvalue weighted by atomic mass is 16.5. The molecular formula is C18H14N2O4. The third kappa shape index (κ3) is 2.65. The molecule has 6 nitrogen and oxygen atoms in total. The first-order chi connectivity index (χ1) is 11.6. The fourth-order valence-electron chi connectivity index (χ4n) is 2.43. The number of ether oxygens (including phenoxy) is 1. The van der Waals surface area contributed by atoms with E-state index in [1.807, 2.05) is 0 Å². The summed E-state index contributed by atoms with van der Waals surface area (Å²) in [5.41, 5.74) is 0.869. The Bertz CT molecular complexity index is 815. The number of anilines is 2. The molecule has 1 aliphatic heterocycles. The van der Waals surface area contributed by atoms with E-state index in [0.29, 0.717) is 11.4 Å². The molecule has 0 bridgehead atoms. The number of imide groups is 1. The van der Waals surface area contributed by atoms with Crippen molar-refractivity contribution in [3.63, 3.8) is 0 Å². The molecule has 2 aromatic carbocycles. The molecule has 3 rings (SSSR count). The summed E-state index contributed by atoms with van der Waals surface area (Å²) < 4.78 is 4.60. The van der Waals surface area contributed by atoms with Crippen molar-refractivity contribution in [2.45, 2.75) is 0 Å². The summed E-state index contributed by atoms with van der Waals surface area (Å²) in [5, 5.41) is 0. The maximum atomic E-state index is 12.8. The van der Waals surface area contributed by atoms with Crippen molar-refractivity contribution in [3.05, 3.63) is 72.4 Å². The molecule has 0 atom stereocenters. The third-order valence-electron chi connectivity index (χ3n) is 3.53. The lowest BCUT2D eigenvalue weighted by atomic mass is 10.2. The van der Waals surface area contributed by atoms with Gasteiger partial charge in [0.15, 0.2) is 0 Å². The summed E-state index contributed by atoms with van der Waals surface area (Å²) >= 11 is 0. The van der Waals surface area contributed by atoms with E-state index in [2.05, 4.69) is 4.74 Å². The van der Waals surface area contributed by atoms with Crippen LogP contribution in [0.3, 0.4) is 0 Å². The molecule has 0 aromatic heterocycles. The van der Waals surface area contributed by atoms with Gasteiger partial charge in [-0.25, -0.2) is 14.5 Å². The van der Waals surface area contributed by atoms with Gasteiger partial charge in [-0.1, -0.05) is 36.4 Å². The van der Waals surface area contributed by atoms with Gasteiger partial charge >= 0.3 is 12.0 Å². The van der Waals surface area contributed by atoms with Crippen LogP contribution in [0, 0.1) is 0 Å². The lowest BCUT2D eigenvalue weighted by Gasteiger charge is -2.17. The number of methoxy groups -OCH3 is 1. The van der Waals surface area contributed by atoms with Crippen molar-refractivity contribution in [2.24, 2.45) is 0 Å². The average Bonchev–Trinajstić information content (AvgIpc) is 2.86. The molecule has 1 fully saturated rings. The monoisotopic (exact) mass is 322 g/mol. The van der Waals surface area contributed by atoms with Gasteiger partial charge in [-0.05, 0) is 24.3 Å². The molecule has 0 spiro atoms. The molecule has 2 aromatic rings. The summed E-state index contributed by atoms with van der Waals surface area (Å²) in [6, 6.07) is 16.7. The first-order valence-electron chi connectivity index (χ1n) is 7.22. The standard InChI is InChI=1S/C18H14N2O4/c1-24-16(21)12-15-17(22)20(14-10-6-3-7-11-14)18(23)19(15)13-8-4-2-5-9-13/h2-12H,1H3/b15-12-. The second kappa shape index (κ2) is 6.37. The predicted molar refractivity (Wildman–Crippen MR) is 88.3 cm³/mol. The zero-order chi connectivity index (χ0) is 17.1. The number of esters is 1. The van der Waals surface area contributed by atoms with Crippen LogP contribution in [0.4, 0.5) is 16.2 Å². The van der Waals surface area contributed by atoms with Crippen molar-refractivity contribution in [2.75, 3.05) is 16.9 Å². The van der Waals surface area contributed by atoms with Crippen molar-refractivity contribution in [1.82, 2.24) is 0 Å². The third-order valence-corrected chi connectivity index (χ3v) is 3.53. The number of amides is 3. The van der Waals surface area contributed by atoms with Crippen LogP contribution in [0.5, 0.6) is 0 Å². The van der Waals surface area contributed by atoms with Crippen LogP contribution in [-0.2, 0) is 14.3 Å². The van der Waals surface area contributed by atoms with E-state index in [0.717, 1.165) is 11.0 Å². The molecule has 24 heavy (non-hydrogen) atoms. The van der Waals surface area contributed by atoms with Crippen LogP contribution in [0.15, 0.2) is 72.4 Å². The Morgan fingerprint density at radius 2 is 1.38 bits per heavy atom. The van der Waals surface area contributed by atoms with Gasteiger partial charge in [0, 0.05) is 0 Å². The number of benzene rings is 2. The maximum absolute atomic E-state index is 12.8. The number of urea groups is 1. The number of hydrogen-bond donors (Lipinski definition) is 0. The van der Waals surface area contributed by atoms with Crippen LogP contribution in [0.1, 0.15) is 0 Å². The molecule has 6 heteroatoms. The molecule has 0 aliphatic carbocycles. The molecule has 1 saturated heterocycles. The first kappa shape index (κ1) is 15.5. The Hall–Kier alpha value is -3.41. The number of nitrogens with zero attached hydrogens (tertiary/aromatic N) is 2. The quantitative estimate of drug-likeness (QED) is 0.495. The number of carbonyl (C=O) groups is 3. The predicted octanol–water partition coefficient (Wildman–Crippen LogP) is 2.72. The molecule has 0 radical (unpaired) electrons. The number of hydrogen-bond acceptors (Lipinski definition) is 4. The second-order valence-corrected chi connectivity index (χ2v) is 4.98. The Morgan fingerprint density at radius 3 is 1.88 bits per heavy atom. The van der Waals surface area contributed by atoms with Crippen LogP contribution < -0.4 is 9.80 Å².